The highest BCUT2D eigenvalue weighted by Gasteiger charge is 2.24. The molecule has 4 rings (SSSR count). The summed E-state index contributed by atoms with van der Waals surface area (Å²) in [7, 11) is 0. The number of hydrogen-bond donors (Lipinski definition) is 4. The molecule has 148 valence electrons. The number of anilines is 4. The van der Waals surface area contributed by atoms with Gasteiger partial charge in [-0.05, 0) is 50.4 Å². The largest absolute Gasteiger partial charge is 0.324 e. The van der Waals surface area contributed by atoms with E-state index in [1.807, 2.05) is 54.8 Å². The monoisotopic (exact) mass is 407 g/mol. The van der Waals surface area contributed by atoms with Crippen molar-refractivity contribution in [3.8, 4) is 0 Å². The van der Waals surface area contributed by atoms with E-state index in [0.29, 0.717) is 23.2 Å². The summed E-state index contributed by atoms with van der Waals surface area (Å²) in [4.78, 5) is 30.7. The minimum absolute atomic E-state index is 0.240. The number of hydrogen-bond acceptors (Lipinski definition) is 7. The third-order valence-electron chi connectivity index (χ3n) is 4.49. The number of imidazole rings is 1. The average molecular weight is 408 g/mol. The van der Waals surface area contributed by atoms with Crippen LogP contribution in [0, 0.1) is 0 Å². The fourth-order valence-electron chi connectivity index (χ4n) is 2.74. The standard InChI is InChI=1S/C20H21N7OS/c1-20(2,29-3)16-25-17(21-12-7-5-4-6-8-12)27-18(26-16)22-13-9-10-14-15(11-13)24-19(28)23-14/h4-11H,1-3H3,(H2,23,24,28)(H2,21,22,25,26,27). The number of aromatic nitrogens is 5. The molecule has 0 fully saturated rings. The maximum Gasteiger partial charge on any atom is 0.323 e. The number of fused-ring (bicyclic) bond motifs is 1. The van der Waals surface area contributed by atoms with Gasteiger partial charge in [-0.2, -0.15) is 26.7 Å². The highest BCUT2D eigenvalue weighted by Crippen LogP contribution is 2.32. The Morgan fingerprint density at radius 1 is 0.862 bits per heavy atom. The molecular formula is C20H21N7OS. The summed E-state index contributed by atoms with van der Waals surface area (Å²) in [6, 6.07) is 15.3. The fraction of sp³-hybridized carbons (Fsp3) is 0.200. The zero-order valence-corrected chi connectivity index (χ0v) is 17.1. The van der Waals surface area contributed by atoms with Crippen molar-refractivity contribution < 1.29 is 0 Å². The molecule has 0 radical (unpaired) electrons. The molecule has 0 bridgehead atoms. The van der Waals surface area contributed by atoms with Crippen molar-refractivity contribution in [2.75, 3.05) is 16.9 Å². The van der Waals surface area contributed by atoms with Gasteiger partial charge in [-0.25, -0.2) is 4.79 Å². The first kappa shape index (κ1) is 19.0. The average Bonchev–Trinajstić information content (AvgIpc) is 3.08. The summed E-state index contributed by atoms with van der Waals surface area (Å²) < 4.78 is -0.289. The van der Waals surface area contributed by atoms with E-state index in [1.54, 1.807) is 11.8 Å². The lowest BCUT2D eigenvalue weighted by molar-refractivity contribution is 0.705. The quantitative estimate of drug-likeness (QED) is 0.380. The number of H-pyrrole nitrogens is 2. The van der Waals surface area contributed by atoms with Gasteiger partial charge in [0, 0.05) is 11.4 Å². The smallest absolute Gasteiger partial charge is 0.323 e. The number of para-hydroxylation sites is 1. The Hall–Kier alpha value is -3.33. The second-order valence-electron chi connectivity index (χ2n) is 6.98. The SMILES string of the molecule is CSC(C)(C)c1nc(Nc2ccccc2)nc(Nc2ccc3[nH]c(=O)[nH]c3c2)n1. The molecule has 0 saturated heterocycles. The molecule has 2 aromatic carbocycles. The van der Waals surface area contributed by atoms with Gasteiger partial charge in [0.1, 0.15) is 0 Å². The van der Waals surface area contributed by atoms with Crippen molar-refractivity contribution in [3.05, 3.63) is 64.8 Å². The van der Waals surface area contributed by atoms with Gasteiger partial charge in [0.15, 0.2) is 5.82 Å². The topological polar surface area (TPSA) is 111 Å². The van der Waals surface area contributed by atoms with Crippen molar-refractivity contribution in [2.45, 2.75) is 18.6 Å². The Morgan fingerprint density at radius 2 is 1.52 bits per heavy atom. The Balaban J connectivity index is 1.71. The Morgan fingerprint density at radius 3 is 2.21 bits per heavy atom. The van der Waals surface area contributed by atoms with E-state index in [-0.39, 0.29) is 10.4 Å². The van der Waals surface area contributed by atoms with E-state index in [2.05, 4.69) is 49.4 Å². The molecule has 0 aliphatic carbocycles. The van der Waals surface area contributed by atoms with Crippen LogP contribution in [0.3, 0.4) is 0 Å². The van der Waals surface area contributed by atoms with E-state index < -0.39 is 0 Å². The third kappa shape index (κ3) is 4.24. The first-order valence-corrected chi connectivity index (χ1v) is 10.3. The van der Waals surface area contributed by atoms with Crippen molar-refractivity contribution in [2.24, 2.45) is 0 Å². The van der Waals surface area contributed by atoms with Gasteiger partial charge >= 0.3 is 5.69 Å². The molecular weight excluding hydrogens is 386 g/mol. The van der Waals surface area contributed by atoms with Crippen molar-refractivity contribution in [1.29, 1.82) is 0 Å². The number of nitrogens with one attached hydrogen (secondary N) is 4. The summed E-state index contributed by atoms with van der Waals surface area (Å²) >= 11 is 1.66. The van der Waals surface area contributed by atoms with Crippen LogP contribution in [0.25, 0.3) is 11.0 Å². The molecule has 0 atom stereocenters. The van der Waals surface area contributed by atoms with E-state index in [4.69, 9.17) is 0 Å². The predicted molar refractivity (Wildman–Crippen MR) is 118 cm³/mol. The van der Waals surface area contributed by atoms with E-state index in [1.165, 1.54) is 0 Å². The van der Waals surface area contributed by atoms with Crippen LogP contribution >= 0.6 is 11.8 Å². The number of rotatable bonds is 6. The van der Waals surface area contributed by atoms with E-state index >= 15 is 0 Å². The van der Waals surface area contributed by atoms with Gasteiger partial charge in [-0.3, -0.25) is 0 Å². The first-order valence-electron chi connectivity index (χ1n) is 9.06. The molecule has 2 aromatic heterocycles. The molecule has 0 aliphatic rings. The van der Waals surface area contributed by atoms with E-state index in [0.717, 1.165) is 16.9 Å². The third-order valence-corrected chi connectivity index (χ3v) is 5.69. The van der Waals surface area contributed by atoms with Crippen molar-refractivity contribution >= 4 is 46.1 Å². The Kier molecular flexibility index (Phi) is 4.98. The van der Waals surface area contributed by atoms with Gasteiger partial charge in [0.05, 0.1) is 15.8 Å². The first-order chi connectivity index (χ1) is 13.9. The molecule has 4 N–H and O–H groups in total. The van der Waals surface area contributed by atoms with Gasteiger partial charge in [0.2, 0.25) is 11.9 Å². The molecule has 0 saturated carbocycles. The van der Waals surface area contributed by atoms with Crippen LogP contribution < -0.4 is 16.3 Å². The normalized spacial score (nSPS) is 11.6. The molecule has 2 heterocycles. The lowest BCUT2D eigenvalue weighted by Gasteiger charge is -2.21. The predicted octanol–water partition coefficient (Wildman–Crippen LogP) is 4.13. The number of thioether (sulfide) groups is 1. The highest BCUT2D eigenvalue weighted by atomic mass is 32.2. The molecule has 8 nitrogen and oxygen atoms in total. The number of benzene rings is 2. The second-order valence-corrected chi connectivity index (χ2v) is 8.41. The molecule has 0 aliphatic heterocycles. The van der Waals surface area contributed by atoms with Crippen LogP contribution in [-0.2, 0) is 4.75 Å². The van der Waals surface area contributed by atoms with Gasteiger partial charge in [0.25, 0.3) is 0 Å². The minimum Gasteiger partial charge on any atom is -0.324 e. The molecule has 0 unspecified atom stereocenters. The van der Waals surface area contributed by atoms with Crippen molar-refractivity contribution in [1.82, 2.24) is 24.9 Å². The number of nitrogens with zero attached hydrogens (tertiary/aromatic N) is 3. The maximum absolute atomic E-state index is 11.5. The highest BCUT2D eigenvalue weighted by molar-refractivity contribution is 7.99. The summed E-state index contributed by atoms with van der Waals surface area (Å²) in [5, 5.41) is 6.46. The van der Waals surface area contributed by atoms with Gasteiger partial charge < -0.3 is 20.6 Å². The van der Waals surface area contributed by atoms with Crippen molar-refractivity contribution in [3.63, 3.8) is 0 Å². The summed E-state index contributed by atoms with van der Waals surface area (Å²) in [6.07, 6.45) is 2.03. The molecule has 4 aromatic rings. The van der Waals surface area contributed by atoms with Crippen LogP contribution in [0.2, 0.25) is 0 Å². The fourth-order valence-corrected chi connectivity index (χ4v) is 3.01. The maximum atomic E-state index is 11.5. The lowest BCUT2D eigenvalue weighted by atomic mass is 10.2. The Bertz CT molecular complexity index is 1200. The van der Waals surface area contributed by atoms with Crippen LogP contribution in [0.4, 0.5) is 23.3 Å². The summed E-state index contributed by atoms with van der Waals surface area (Å²) in [5.41, 5.74) is 2.87. The molecule has 9 heteroatoms. The van der Waals surface area contributed by atoms with Crippen LogP contribution in [0.15, 0.2) is 53.3 Å². The summed E-state index contributed by atoms with van der Waals surface area (Å²) in [5.74, 6) is 1.55. The molecule has 29 heavy (non-hydrogen) atoms. The van der Waals surface area contributed by atoms with Crippen LogP contribution in [-0.4, -0.2) is 31.2 Å². The minimum atomic E-state index is -0.289. The zero-order valence-electron chi connectivity index (χ0n) is 16.3. The molecule has 0 amide bonds. The van der Waals surface area contributed by atoms with E-state index in [9.17, 15) is 4.79 Å². The summed E-state index contributed by atoms with van der Waals surface area (Å²) in [6.45, 7) is 4.14. The van der Waals surface area contributed by atoms with Crippen LogP contribution in [0.1, 0.15) is 19.7 Å². The van der Waals surface area contributed by atoms with Crippen LogP contribution in [0.5, 0.6) is 0 Å². The second kappa shape index (κ2) is 7.59. The van der Waals surface area contributed by atoms with Gasteiger partial charge in [-0.1, -0.05) is 18.2 Å². The Labute approximate surface area is 171 Å². The lowest BCUT2D eigenvalue weighted by Crippen LogP contribution is -2.19. The zero-order chi connectivity index (χ0) is 20.4. The van der Waals surface area contributed by atoms with Gasteiger partial charge in [-0.15, -0.1) is 0 Å². The molecule has 0 spiro atoms. The number of aromatic amines is 2.